The molecule has 218 valence electrons. The SMILES string of the molecule is CC(C)(C)OC(=O)N1c2cc(F)cc3c(=O)[nH]nc(c23)C(N2C(=O)C3C4CC(O)C(O4)C3C2=O)C1c1ccc(F)cc1. The van der Waals surface area contributed by atoms with Crippen molar-refractivity contribution in [2.45, 2.75) is 63.2 Å². The summed E-state index contributed by atoms with van der Waals surface area (Å²) >= 11 is 0. The van der Waals surface area contributed by atoms with Crippen LogP contribution in [0.3, 0.4) is 0 Å². The van der Waals surface area contributed by atoms with Gasteiger partial charge in [0.25, 0.3) is 5.56 Å². The van der Waals surface area contributed by atoms with Gasteiger partial charge in [-0.3, -0.25) is 24.2 Å². The fourth-order valence-corrected chi connectivity index (χ4v) is 6.91. The maximum absolute atomic E-state index is 15.0. The molecule has 3 fully saturated rings. The number of aromatic nitrogens is 2. The third kappa shape index (κ3) is 3.72. The molecule has 42 heavy (non-hydrogen) atoms. The fraction of sp³-hybridized carbons (Fsp3) is 0.414. The first kappa shape index (κ1) is 26.7. The molecule has 0 spiro atoms. The molecule has 2 bridgehead atoms. The van der Waals surface area contributed by atoms with E-state index in [1.165, 1.54) is 12.1 Å². The highest BCUT2D eigenvalue weighted by Crippen LogP contribution is 2.55. The Morgan fingerprint density at radius 3 is 2.43 bits per heavy atom. The highest BCUT2D eigenvalue weighted by atomic mass is 19.1. The van der Waals surface area contributed by atoms with Gasteiger partial charge in [0.1, 0.15) is 23.3 Å². The topological polar surface area (TPSA) is 142 Å². The number of likely N-dealkylation sites (tertiary alicyclic amines) is 1. The number of halogens is 2. The average molecular weight is 581 g/mol. The van der Waals surface area contributed by atoms with Crippen molar-refractivity contribution < 1.29 is 37.7 Å². The number of H-pyrrole nitrogens is 1. The van der Waals surface area contributed by atoms with Crippen LogP contribution in [-0.2, 0) is 19.1 Å². The van der Waals surface area contributed by atoms with Gasteiger partial charge < -0.3 is 14.6 Å². The summed E-state index contributed by atoms with van der Waals surface area (Å²) in [6.07, 6.45) is -3.22. The van der Waals surface area contributed by atoms with Gasteiger partial charge in [-0.1, -0.05) is 12.1 Å². The Bertz CT molecular complexity index is 1740. The van der Waals surface area contributed by atoms with Crippen LogP contribution in [0.2, 0.25) is 0 Å². The van der Waals surface area contributed by atoms with Crippen molar-refractivity contribution >= 4 is 34.4 Å². The normalized spacial score (nSPS) is 29.9. The van der Waals surface area contributed by atoms with E-state index in [1.807, 2.05) is 0 Å². The van der Waals surface area contributed by atoms with Gasteiger partial charge in [-0.2, -0.15) is 5.10 Å². The number of imide groups is 1. The number of carbonyl (C=O) groups excluding carboxylic acids is 3. The molecule has 4 aliphatic heterocycles. The molecule has 3 aromatic rings. The number of amides is 3. The second-order valence-corrected chi connectivity index (χ2v) is 12.1. The van der Waals surface area contributed by atoms with Gasteiger partial charge in [-0.15, -0.1) is 0 Å². The fourth-order valence-electron chi connectivity index (χ4n) is 6.91. The zero-order valence-electron chi connectivity index (χ0n) is 22.7. The highest BCUT2D eigenvalue weighted by molar-refractivity contribution is 6.09. The summed E-state index contributed by atoms with van der Waals surface area (Å²) < 4.78 is 40.6. The number of nitrogens with zero attached hydrogens (tertiary/aromatic N) is 3. The maximum atomic E-state index is 15.0. The number of hydrogen-bond donors (Lipinski definition) is 2. The molecule has 5 heterocycles. The molecule has 13 heteroatoms. The molecule has 0 radical (unpaired) electrons. The third-order valence-electron chi connectivity index (χ3n) is 8.43. The van der Waals surface area contributed by atoms with Crippen LogP contribution in [0.15, 0.2) is 41.2 Å². The number of hydrogen-bond acceptors (Lipinski definition) is 8. The summed E-state index contributed by atoms with van der Waals surface area (Å²) in [6.45, 7) is 4.91. The zero-order chi connectivity index (χ0) is 29.8. The minimum Gasteiger partial charge on any atom is -0.443 e. The maximum Gasteiger partial charge on any atom is 0.415 e. The van der Waals surface area contributed by atoms with Crippen molar-refractivity contribution in [3.05, 3.63) is 69.6 Å². The van der Waals surface area contributed by atoms with E-state index in [-0.39, 0.29) is 28.6 Å². The number of rotatable bonds is 2. The van der Waals surface area contributed by atoms with Gasteiger partial charge >= 0.3 is 6.09 Å². The Morgan fingerprint density at radius 2 is 1.74 bits per heavy atom. The van der Waals surface area contributed by atoms with E-state index in [0.717, 1.165) is 34.1 Å². The van der Waals surface area contributed by atoms with Gasteiger partial charge in [0.05, 0.1) is 53.0 Å². The quantitative estimate of drug-likeness (QED) is 0.441. The van der Waals surface area contributed by atoms with E-state index >= 15 is 4.39 Å². The molecular formula is C29H26F2N4O7. The number of aliphatic hydroxyl groups is 1. The second kappa shape index (κ2) is 8.88. The van der Waals surface area contributed by atoms with Crippen molar-refractivity contribution in [3.63, 3.8) is 0 Å². The van der Waals surface area contributed by atoms with E-state index in [4.69, 9.17) is 9.47 Å². The van der Waals surface area contributed by atoms with Crippen LogP contribution in [0.1, 0.15) is 50.5 Å². The van der Waals surface area contributed by atoms with E-state index < -0.39 is 82.9 Å². The first-order valence-electron chi connectivity index (χ1n) is 13.6. The van der Waals surface area contributed by atoms with Crippen LogP contribution in [0.4, 0.5) is 19.3 Å². The van der Waals surface area contributed by atoms with Crippen LogP contribution >= 0.6 is 0 Å². The van der Waals surface area contributed by atoms with Crippen molar-refractivity contribution in [2.75, 3.05) is 4.90 Å². The first-order valence-corrected chi connectivity index (χ1v) is 13.6. The van der Waals surface area contributed by atoms with Crippen LogP contribution in [0, 0.1) is 23.5 Å². The van der Waals surface area contributed by atoms with Crippen LogP contribution in [0.5, 0.6) is 0 Å². The standard InChI is InChI=1S/C29H26F2N4O7/c1-29(2,3)42-28(40)34-15-9-13(31)8-14-18(15)21(32-33-25(14)37)23(22(34)11-4-6-12(30)7-5-11)35-26(38)19-17-10-16(36)24(41-17)20(19)27(35)39/h4-9,16-17,19-20,22-24,36H,10H2,1-3H3,(H,33,37). The molecule has 4 aliphatic rings. The molecule has 0 aliphatic carbocycles. The Kier molecular flexibility index (Phi) is 5.64. The molecular weight excluding hydrogens is 554 g/mol. The largest absolute Gasteiger partial charge is 0.443 e. The number of anilines is 1. The molecule has 11 nitrogen and oxygen atoms in total. The van der Waals surface area contributed by atoms with Crippen LogP contribution < -0.4 is 10.5 Å². The summed E-state index contributed by atoms with van der Waals surface area (Å²) in [5.41, 5.74) is -1.48. The smallest absolute Gasteiger partial charge is 0.415 e. The van der Waals surface area contributed by atoms with E-state index in [2.05, 4.69) is 10.2 Å². The molecule has 7 unspecified atom stereocenters. The number of fused-ring (bicyclic) bond motifs is 5. The Morgan fingerprint density at radius 1 is 1.05 bits per heavy atom. The molecule has 1 aromatic heterocycles. The van der Waals surface area contributed by atoms with Gasteiger partial charge in [0.2, 0.25) is 11.8 Å². The molecule has 3 saturated heterocycles. The zero-order valence-corrected chi connectivity index (χ0v) is 22.7. The molecule has 2 N–H and O–H groups in total. The lowest BCUT2D eigenvalue weighted by molar-refractivity contribution is -0.146. The molecule has 7 atom stereocenters. The van der Waals surface area contributed by atoms with Crippen molar-refractivity contribution in [3.8, 4) is 0 Å². The van der Waals surface area contributed by atoms with Crippen LogP contribution in [-0.4, -0.2) is 62.0 Å². The van der Waals surface area contributed by atoms with E-state index in [0.29, 0.717) is 5.56 Å². The predicted octanol–water partition coefficient (Wildman–Crippen LogP) is 2.87. The van der Waals surface area contributed by atoms with E-state index in [9.17, 15) is 28.7 Å². The summed E-state index contributed by atoms with van der Waals surface area (Å²) in [4.78, 5) is 57.1. The van der Waals surface area contributed by atoms with Crippen molar-refractivity contribution in [1.29, 1.82) is 0 Å². The minimum atomic E-state index is -1.33. The predicted molar refractivity (Wildman–Crippen MR) is 141 cm³/mol. The summed E-state index contributed by atoms with van der Waals surface area (Å²) in [5.74, 6) is -4.43. The van der Waals surface area contributed by atoms with Gasteiger partial charge in [0, 0.05) is 11.8 Å². The monoisotopic (exact) mass is 580 g/mol. The highest BCUT2D eigenvalue weighted by Gasteiger charge is 2.67. The lowest BCUT2D eigenvalue weighted by atomic mass is 9.80. The average Bonchev–Trinajstić information content (AvgIpc) is 3.55. The van der Waals surface area contributed by atoms with Gasteiger partial charge in [-0.25, -0.2) is 18.7 Å². The number of nitrogens with one attached hydrogen (secondary N) is 1. The number of ether oxygens (including phenoxy) is 2. The third-order valence-corrected chi connectivity index (χ3v) is 8.43. The minimum absolute atomic E-state index is 0.0456. The van der Waals surface area contributed by atoms with Gasteiger partial charge in [-0.05, 0) is 50.6 Å². The number of benzene rings is 2. The Hall–Kier alpha value is -4.23. The van der Waals surface area contributed by atoms with Gasteiger partial charge in [0.15, 0.2) is 0 Å². The molecule has 0 saturated carbocycles. The Balaban J connectivity index is 1.51. The summed E-state index contributed by atoms with van der Waals surface area (Å²) in [5, 5.41) is 17.0. The number of aliphatic hydroxyl groups excluding tert-OH is 1. The first-order chi connectivity index (χ1) is 19.9. The summed E-state index contributed by atoms with van der Waals surface area (Å²) in [7, 11) is 0. The number of carbonyl (C=O) groups is 3. The second-order valence-electron chi connectivity index (χ2n) is 12.1. The van der Waals surface area contributed by atoms with Crippen LogP contribution in [0.25, 0.3) is 10.8 Å². The molecule has 2 aromatic carbocycles. The van der Waals surface area contributed by atoms with Crippen molar-refractivity contribution in [1.82, 2.24) is 15.1 Å². The lowest BCUT2D eigenvalue weighted by Gasteiger charge is -2.44. The Labute approximate surface area is 237 Å². The molecule has 7 rings (SSSR count). The van der Waals surface area contributed by atoms with Crippen molar-refractivity contribution in [2.24, 2.45) is 11.8 Å². The number of aromatic amines is 1. The lowest BCUT2D eigenvalue weighted by Crippen LogP contribution is -2.50. The summed E-state index contributed by atoms with van der Waals surface area (Å²) in [6, 6.07) is 4.54. The molecule has 3 amide bonds. The van der Waals surface area contributed by atoms with E-state index in [1.54, 1.807) is 20.8 Å².